The van der Waals surface area contributed by atoms with Gasteiger partial charge < -0.3 is 4.52 Å². The van der Waals surface area contributed by atoms with E-state index in [1.54, 1.807) is 19.9 Å². The summed E-state index contributed by atoms with van der Waals surface area (Å²) in [4.78, 5) is 0. The van der Waals surface area contributed by atoms with E-state index in [-0.39, 0.29) is 13.2 Å². The van der Waals surface area contributed by atoms with E-state index in [1.807, 2.05) is 36.4 Å². The quantitative estimate of drug-likeness (QED) is 0.482. The number of benzene rings is 3. The molecule has 0 saturated carbocycles. The third-order valence-electron chi connectivity index (χ3n) is 3.71. The number of hydrogen-bond acceptors (Lipinski definition) is 4. The van der Waals surface area contributed by atoms with E-state index in [1.165, 1.54) is 5.56 Å². The van der Waals surface area contributed by atoms with E-state index in [0.29, 0.717) is 5.75 Å². The number of hydrogen-bond donors (Lipinski definition) is 0. The van der Waals surface area contributed by atoms with Crippen molar-refractivity contribution in [2.24, 2.45) is 0 Å². The Morgan fingerprint density at radius 3 is 2.08 bits per heavy atom. The fraction of sp³-hybridized carbons (Fsp3) is 0.200. The van der Waals surface area contributed by atoms with Gasteiger partial charge in [-0.1, -0.05) is 48.5 Å². The number of fused-ring (bicyclic) bond motifs is 1. The average molecular weight is 356 g/mol. The van der Waals surface area contributed by atoms with Gasteiger partial charge in [0.1, 0.15) is 5.75 Å². The summed E-state index contributed by atoms with van der Waals surface area (Å²) < 4.78 is 28.4. The Kier molecular flexibility index (Phi) is 5.54. The molecule has 0 bridgehead atoms. The monoisotopic (exact) mass is 356 g/mol. The Labute approximate surface area is 148 Å². The van der Waals surface area contributed by atoms with Gasteiger partial charge in [0.05, 0.1) is 13.2 Å². The van der Waals surface area contributed by atoms with Crippen LogP contribution in [0.2, 0.25) is 0 Å². The van der Waals surface area contributed by atoms with Crippen LogP contribution in [0.3, 0.4) is 0 Å². The minimum absolute atomic E-state index is 0.255. The maximum absolute atomic E-state index is 12.5. The van der Waals surface area contributed by atoms with E-state index in [0.717, 1.165) is 16.3 Å². The molecule has 4 nitrogen and oxygen atoms in total. The molecular formula is C20H21O4P. The van der Waals surface area contributed by atoms with Crippen LogP contribution in [0.15, 0.2) is 66.7 Å². The Morgan fingerprint density at radius 1 is 0.760 bits per heavy atom. The number of phosphoric acid groups is 1. The van der Waals surface area contributed by atoms with Crippen molar-refractivity contribution in [3.05, 3.63) is 66.7 Å². The molecule has 3 aromatic rings. The van der Waals surface area contributed by atoms with Crippen molar-refractivity contribution in [3.8, 4) is 16.9 Å². The van der Waals surface area contributed by atoms with Gasteiger partial charge >= 0.3 is 7.82 Å². The number of phosphoric ester groups is 1. The molecule has 3 aromatic carbocycles. The largest absolute Gasteiger partial charge is 0.530 e. The fourth-order valence-corrected chi connectivity index (χ4v) is 3.81. The molecule has 0 aliphatic carbocycles. The standard InChI is InChI=1S/C20H21O4P/c1-3-22-25(21,23-4-2)24-20-13-12-18-14-17(10-11-19(18)15-20)16-8-6-5-7-9-16/h5-15H,3-4H2,1-2H3. The van der Waals surface area contributed by atoms with Gasteiger partial charge in [-0.3, -0.25) is 9.05 Å². The highest BCUT2D eigenvalue weighted by molar-refractivity contribution is 7.48. The summed E-state index contributed by atoms with van der Waals surface area (Å²) in [5.74, 6) is 0.463. The summed E-state index contributed by atoms with van der Waals surface area (Å²) in [6.07, 6.45) is 0. The van der Waals surface area contributed by atoms with Crippen molar-refractivity contribution in [3.63, 3.8) is 0 Å². The Balaban J connectivity index is 1.89. The predicted molar refractivity (Wildman–Crippen MR) is 101 cm³/mol. The van der Waals surface area contributed by atoms with Crippen molar-refractivity contribution in [2.45, 2.75) is 13.8 Å². The van der Waals surface area contributed by atoms with Gasteiger partial charge in [0, 0.05) is 0 Å². The van der Waals surface area contributed by atoms with E-state index < -0.39 is 7.82 Å². The third-order valence-corrected chi connectivity index (χ3v) is 5.29. The lowest BCUT2D eigenvalue weighted by Crippen LogP contribution is -2.02. The van der Waals surface area contributed by atoms with Crippen molar-refractivity contribution < 1.29 is 18.1 Å². The maximum Gasteiger partial charge on any atom is 0.530 e. The number of rotatable bonds is 7. The molecule has 130 valence electrons. The molecule has 0 aliphatic rings. The summed E-state index contributed by atoms with van der Waals surface area (Å²) in [5.41, 5.74) is 2.32. The zero-order valence-electron chi connectivity index (χ0n) is 14.3. The zero-order chi connectivity index (χ0) is 17.7. The van der Waals surface area contributed by atoms with E-state index in [2.05, 4.69) is 24.3 Å². The maximum atomic E-state index is 12.5. The first kappa shape index (κ1) is 17.7. The van der Waals surface area contributed by atoms with Gasteiger partial charge in [-0.25, -0.2) is 4.57 Å². The minimum Gasteiger partial charge on any atom is -0.404 e. The minimum atomic E-state index is -3.58. The van der Waals surface area contributed by atoms with Gasteiger partial charge in [0.15, 0.2) is 0 Å². The van der Waals surface area contributed by atoms with E-state index in [4.69, 9.17) is 13.6 Å². The SMILES string of the molecule is CCOP(=O)(OCC)Oc1ccc2cc(-c3ccccc3)ccc2c1. The smallest absolute Gasteiger partial charge is 0.404 e. The highest BCUT2D eigenvalue weighted by Crippen LogP contribution is 2.49. The first-order chi connectivity index (χ1) is 12.1. The Bertz CT molecular complexity index is 883. The molecule has 0 unspecified atom stereocenters. The second-order valence-corrected chi connectivity index (χ2v) is 7.06. The molecule has 5 heteroatoms. The van der Waals surface area contributed by atoms with Gasteiger partial charge in [-0.15, -0.1) is 0 Å². The summed E-state index contributed by atoms with van der Waals surface area (Å²) >= 11 is 0. The Hall–Kier alpha value is -2.13. The van der Waals surface area contributed by atoms with Gasteiger partial charge in [-0.05, 0) is 53.9 Å². The summed E-state index contributed by atoms with van der Waals surface area (Å²) in [6.45, 7) is 4.01. The van der Waals surface area contributed by atoms with Crippen LogP contribution in [0.1, 0.15) is 13.8 Å². The van der Waals surface area contributed by atoms with E-state index >= 15 is 0 Å². The van der Waals surface area contributed by atoms with E-state index in [9.17, 15) is 4.57 Å². The van der Waals surface area contributed by atoms with Gasteiger partial charge in [0.2, 0.25) is 0 Å². The topological polar surface area (TPSA) is 44.8 Å². The lowest BCUT2D eigenvalue weighted by molar-refractivity contribution is 0.167. The predicted octanol–water partition coefficient (Wildman–Crippen LogP) is 6.07. The molecule has 0 aliphatic heterocycles. The highest BCUT2D eigenvalue weighted by Gasteiger charge is 2.27. The lowest BCUT2D eigenvalue weighted by Gasteiger charge is -2.17. The Morgan fingerprint density at radius 2 is 1.40 bits per heavy atom. The van der Waals surface area contributed by atoms with Crippen molar-refractivity contribution in [1.29, 1.82) is 0 Å². The molecule has 0 N–H and O–H groups in total. The normalized spacial score (nSPS) is 11.6. The average Bonchev–Trinajstić information content (AvgIpc) is 2.62. The van der Waals surface area contributed by atoms with Crippen LogP contribution in [0.4, 0.5) is 0 Å². The molecule has 0 heterocycles. The van der Waals surface area contributed by atoms with Crippen molar-refractivity contribution >= 4 is 18.6 Å². The molecule has 0 atom stereocenters. The molecule has 0 radical (unpaired) electrons. The van der Waals surface area contributed by atoms with Crippen LogP contribution in [0.25, 0.3) is 21.9 Å². The van der Waals surface area contributed by atoms with Gasteiger partial charge in [-0.2, -0.15) is 0 Å². The summed E-state index contributed by atoms with van der Waals surface area (Å²) in [6, 6.07) is 22.0. The van der Waals surface area contributed by atoms with Crippen LogP contribution < -0.4 is 4.52 Å². The lowest BCUT2D eigenvalue weighted by atomic mass is 10.0. The molecule has 0 amide bonds. The summed E-state index contributed by atoms with van der Waals surface area (Å²) in [7, 11) is -3.58. The van der Waals surface area contributed by atoms with Crippen LogP contribution in [-0.4, -0.2) is 13.2 Å². The highest BCUT2D eigenvalue weighted by atomic mass is 31.2. The third kappa shape index (κ3) is 4.29. The summed E-state index contributed by atoms with van der Waals surface area (Å²) in [5, 5.41) is 2.08. The first-order valence-corrected chi connectivity index (χ1v) is 9.77. The first-order valence-electron chi connectivity index (χ1n) is 8.31. The second kappa shape index (κ2) is 7.83. The molecule has 0 spiro atoms. The molecule has 0 saturated heterocycles. The molecule has 0 fully saturated rings. The van der Waals surface area contributed by atoms with Crippen LogP contribution in [0, 0.1) is 0 Å². The van der Waals surface area contributed by atoms with Gasteiger partial charge in [0.25, 0.3) is 0 Å². The second-order valence-electron chi connectivity index (χ2n) is 5.46. The van der Waals surface area contributed by atoms with Crippen LogP contribution in [-0.2, 0) is 13.6 Å². The van der Waals surface area contributed by atoms with Crippen molar-refractivity contribution in [1.82, 2.24) is 0 Å². The fourth-order valence-electron chi connectivity index (χ4n) is 2.63. The molecule has 0 aromatic heterocycles. The zero-order valence-corrected chi connectivity index (χ0v) is 15.2. The molecule has 3 rings (SSSR count). The van der Waals surface area contributed by atoms with Crippen molar-refractivity contribution in [2.75, 3.05) is 13.2 Å². The molecular weight excluding hydrogens is 335 g/mol. The molecule has 25 heavy (non-hydrogen) atoms. The van der Waals surface area contributed by atoms with Crippen LogP contribution in [0.5, 0.6) is 5.75 Å². The van der Waals surface area contributed by atoms with Crippen LogP contribution >= 0.6 is 7.82 Å².